The molecule has 2 amide bonds. The second kappa shape index (κ2) is 10.2. The minimum absolute atomic E-state index is 0.00928. The van der Waals surface area contributed by atoms with Crippen molar-refractivity contribution in [1.29, 1.82) is 0 Å². The van der Waals surface area contributed by atoms with Gasteiger partial charge in [-0.2, -0.15) is 0 Å². The summed E-state index contributed by atoms with van der Waals surface area (Å²) in [7, 11) is 0. The van der Waals surface area contributed by atoms with E-state index in [1.54, 1.807) is 37.3 Å². The number of carbonyl (C=O) groups excluding carboxylic acids is 3. The molecule has 7 nitrogen and oxygen atoms in total. The van der Waals surface area contributed by atoms with Gasteiger partial charge in [0.1, 0.15) is 12.3 Å². The van der Waals surface area contributed by atoms with Crippen LogP contribution >= 0.6 is 0 Å². The van der Waals surface area contributed by atoms with Gasteiger partial charge in [-0.05, 0) is 67.9 Å². The van der Waals surface area contributed by atoms with Gasteiger partial charge < -0.3 is 15.4 Å². The Kier molecular flexibility index (Phi) is 6.92. The molecule has 1 aliphatic heterocycles. The van der Waals surface area contributed by atoms with Crippen molar-refractivity contribution >= 4 is 40.3 Å². The number of rotatable bonds is 8. The highest BCUT2D eigenvalue weighted by Crippen LogP contribution is 2.35. The zero-order chi connectivity index (χ0) is 24.1. The molecule has 0 radical (unpaired) electrons. The van der Waals surface area contributed by atoms with Crippen LogP contribution in [-0.4, -0.2) is 30.2 Å². The molecule has 7 heteroatoms. The number of ketones is 1. The average Bonchev–Trinajstić information content (AvgIpc) is 2.84. The van der Waals surface area contributed by atoms with Gasteiger partial charge in [0.2, 0.25) is 5.91 Å². The molecule has 0 bridgehead atoms. The monoisotopic (exact) mass is 457 g/mol. The van der Waals surface area contributed by atoms with Crippen LogP contribution in [0.1, 0.15) is 37.0 Å². The van der Waals surface area contributed by atoms with Crippen molar-refractivity contribution in [2.45, 2.75) is 32.8 Å². The predicted octanol–water partition coefficient (Wildman–Crippen LogP) is 5.17. The van der Waals surface area contributed by atoms with Crippen molar-refractivity contribution in [2.75, 3.05) is 22.1 Å². The van der Waals surface area contributed by atoms with E-state index < -0.39 is 6.10 Å². The van der Waals surface area contributed by atoms with Gasteiger partial charge >= 0.3 is 0 Å². The number of Topliss-reactive ketones (excluding diaryl/α,β-unsaturated/α-hetero) is 1. The number of benzene rings is 3. The van der Waals surface area contributed by atoms with Crippen LogP contribution < -0.4 is 20.3 Å². The fraction of sp³-hybridized carbons (Fsp3) is 0.222. The summed E-state index contributed by atoms with van der Waals surface area (Å²) in [5.74, 6) is -0.207. The molecule has 1 atom stereocenters. The normalized spacial score (nSPS) is 14.7. The molecule has 1 aliphatic rings. The van der Waals surface area contributed by atoms with Crippen LogP contribution in [0.15, 0.2) is 72.8 Å². The Balaban J connectivity index is 1.46. The van der Waals surface area contributed by atoms with Crippen LogP contribution in [0.4, 0.5) is 22.7 Å². The maximum Gasteiger partial charge on any atom is 0.268 e. The van der Waals surface area contributed by atoms with E-state index in [4.69, 9.17) is 4.74 Å². The molecule has 1 heterocycles. The highest BCUT2D eigenvalue weighted by Gasteiger charge is 2.33. The number of hydrogen-bond acceptors (Lipinski definition) is 5. The molecule has 34 heavy (non-hydrogen) atoms. The number of hydrogen-bond donors (Lipinski definition) is 2. The molecule has 1 unspecified atom stereocenters. The number of carbonyl (C=O) groups is 3. The highest BCUT2D eigenvalue weighted by molar-refractivity contribution is 6.07. The predicted molar refractivity (Wildman–Crippen MR) is 133 cm³/mol. The summed E-state index contributed by atoms with van der Waals surface area (Å²) in [5.41, 5.74) is 3.40. The number of anilines is 4. The molecule has 0 spiro atoms. The van der Waals surface area contributed by atoms with E-state index in [-0.39, 0.29) is 24.1 Å². The maximum absolute atomic E-state index is 12.8. The second-order valence-corrected chi connectivity index (χ2v) is 8.16. The van der Waals surface area contributed by atoms with Crippen molar-refractivity contribution < 1.29 is 19.1 Å². The Hall–Kier alpha value is -4.13. The third-order valence-corrected chi connectivity index (χ3v) is 5.50. The lowest BCUT2D eigenvalue weighted by atomic mass is 10.0. The molecular formula is C27H27N3O4. The zero-order valence-corrected chi connectivity index (χ0v) is 19.2. The molecule has 0 saturated heterocycles. The summed E-state index contributed by atoms with van der Waals surface area (Å²) < 4.78 is 5.69. The Bertz CT molecular complexity index is 1190. The molecule has 0 aromatic heterocycles. The molecule has 0 saturated carbocycles. The Morgan fingerprint density at radius 1 is 0.941 bits per heavy atom. The lowest BCUT2D eigenvalue weighted by Gasteiger charge is -2.32. The molecule has 3 aromatic carbocycles. The smallest absolute Gasteiger partial charge is 0.268 e. The highest BCUT2D eigenvalue weighted by atomic mass is 16.5. The van der Waals surface area contributed by atoms with Crippen LogP contribution in [0, 0.1) is 0 Å². The fourth-order valence-corrected chi connectivity index (χ4v) is 3.78. The summed E-state index contributed by atoms with van der Waals surface area (Å²) >= 11 is 0. The van der Waals surface area contributed by atoms with Gasteiger partial charge in [-0.1, -0.05) is 25.1 Å². The van der Waals surface area contributed by atoms with E-state index in [1.165, 1.54) is 4.90 Å². The molecule has 0 fully saturated rings. The third-order valence-electron chi connectivity index (χ3n) is 5.50. The van der Waals surface area contributed by atoms with Crippen molar-refractivity contribution in [2.24, 2.45) is 0 Å². The number of fused-ring (bicyclic) bond motifs is 1. The van der Waals surface area contributed by atoms with E-state index in [0.29, 0.717) is 29.1 Å². The first-order valence-corrected chi connectivity index (χ1v) is 11.3. The van der Waals surface area contributed by atoms with Crippen LogP contribution in [0.2, 0.25) is 0 Å². The lowest BCUT2D eigenvalue weighted by Crippen LogP contribution is -2.47. The van der Waals surface area contributed by atoms with Crippen LogP contribution in [-0.2, 0) is 9.59 Å². The number of nitrogens with zero attached hydrogens (tertiary/aromatic N) is 1. The largest absolute Gasteiger partial charge is 0.479 e. The number of para-hydroxylation sites is 1. The van der Waals surface area contributed by atoms with Crippen LogP contribution in [0.3, 0.4) is 0 Å². The van der Waals surface area contributed by atoms with E-state index in [0.717, 1.165) is 17.8 Å². The Labute approximate surface area is 198 Å². The van der Waals surface area contributed by atoms with E-state index in [1.807, 2.05) is 49.4 Å². The SMILES string of the molecule is CCCC(=O)c1ccc2c(c1)N(CC(=O)Nc1ccc(Nc3ccccc3)cc1)C(=O)C(C)O2. The summed E-state index contributed by atoms with van der Waals surface area (Å²) in [5, 5.41) is 6.12. The van der Waals surface area contributed by atoms with Gasteiger partial charge in [0, 0.05) is 29.0 Å². The molecule has 0 aliphatic carbocycles. The Morgan fingerprint density at radius 2 is 1.62 bits per heavy atom. The van der Waals surface area contributed by atoms with Crippen molar-refractivity contribution in [3.05, 3.63) is 78.4 Å². The quantitative estimate of drug-likeness (QED) is 0.456. The van der Waals surface area contributed by atoms with Crippen LogP contribution in [0.25, 0.3) is 0 Å². The third kappa shape index (κ3) is 5.26. The zero-order valence-electron chi connectivity index (χ0n) is 19.2. The summed E-state index contributed by atoms with van der Waals surface area (Å²) in [6.45, 7) is 3.39. The van der Waals surface area contributed by atoms with Crippen molar-refractivity contribution in [3.8, 4) is 5.75 Å². The first-order valence-electron chi connectivity index (χ1n) is 11.3. The molecule has 174 valence electrons. The summed E-state index contributed by atoms with van der Waals surface area (Å²) in [4.78, 5) is 39.4. The van der Waals surface area contributed by atoms with Crippen LogP contribution in [0.5, 0.6) is 5.75 Å². The van der Waals surface area contributed by atoms with Crippen molar-refractivity contribution in [1.82, 2.24) is 0 Å². The summed E-state index contributed by atoms with van der Waals surface area (Å²) in [6, 6.07) is 22.1. The van der Waals surface area contributed by atoms with E-state index in [9.17, 15) is 14.4 Å². The minimum atomic E-state index is -0.721. The summed E-state index contributed by atoms with van der Waals surface area (Å²) in [6.07, 6.45) is 0.425. The minimum Gasteiger partial charge on any atom is -0.479 e. The first-order chi connectivity index (χ1) is 16.4. The molecule has 2 N–H and O–H groups in total. The Morgan fingerprint density at radius 3 is 2.32 bits per heavy atom. The standard InChI is InChI=1S/C27H27N3O4/c1-3-7-24(31)19-10-15-25-23(16-19)30(27(33)18(2)34-25)17-26(32)29-22-13-11-21(12-14-22)28-20-8-5-4-6-9-20/h4-6,8-16,18,28H,3,7,17H2,1-2H3,(H,29,32). The van der Waals surface area contributed by atoms with E-state index >= 15 is 0 Å². The molecule has 3 aromatic rings. The van der Waals surface area contributed by atoms with Gasteiger partial charge in [-0.15, -0.1) is 0 Å². The number of ether oxygens (including phenoxy) is 1. The molecule has 4 rings (SSSR count). The maximum atomic E-state index is 12.8. The molecular weight excluding hydrogens is 430 g/mol. The topological polar surface area (TPSA) is 87.7 Å². The van der Waals surface area contributed by atoms with Gasteiger partial charge in [-0.3, -0.25) is 19.3 Å². The average molecular weight is 458 g/mol. The second-order valence-electron chi connectivity index (χ2n) is 8.16. The number of amides is 2. The lowest BCUT2D eigenvalue weighted by molar-refractivity contribution is -0.127. The first kappa shape index (κ1) is 23.0. The fourth-order valence-electron chi connectivity index (χ4n) is 3.78. The van der Waals surface area contributed by atoms with E-state index in [2.05, 4.69) is 10.6 Å². The van der Waals surface area contributed by atoms with Crippen molar-refractivity contribution in [3.63, 3.8) is 0 Å². The van der Waals surface area contributed by atoms with Gasteiger partial charge in [0.25, 0.3) is 5.91 Å². The number of nitrogens with one attached hydrogen (secondary N) is 2. The van der Waals surface area contributed by atoms with Gasteiger partial charge in [0.05, 0.1) is 5.69 Å². The van der Waals surface area contributed by atoms with Gasteiger partial charge in [-0.25, -0.2) is 0 Å². The van der Waals surface area contributed by atoms with Gasteiger partial charge in [0.15, 0.2) is 11.9 Å².